The van der Waals surface area contributed by atoms with Crippen molar-refractivity contribution in [2.45, 2.75) is 12.8 Å². The van der Waals surface area contributed by atoms with Gasteiger partial charge in [-0.3, -0.25) is 4.79 Å². The van der Waals surface area contributed by atoms with Crippen molar-refractivity contribution in [1.82, 2.24) is 4.90 Å². The Morgan fingerprint density at radius 1 is 1.33 bits per heavy atom. The van der Waals surface area contributed by atoms with Crippen molar-refractivity contribution in [2.24, 2.45) is 0 Å². The fraction of sp³-hybridized carbons (Fsp3) is 0.545. The number of nitrogens with zero attached hydrogens (tertiary/aromatic N) is 2. The highest BCUT2D eigenvalue weighted by Crippen LogP contribution is 2.23. The molecule has 0 unspecified atom stereocenters. The van der Waals surface area contributed by atoms with Gasteiger partial charge < -0.3 is 14.2 Å². The van der Waals surface area contributed by atoms with Crippen molar-refractivity contribution < 1.29 is 9.21 Å². The molecule has 4 heteroatoms. The molecule has 1 saturated heterocycles. The maximum Gasteiger partial charge on any atom is 0.289 e. The molecule has 0 saturated carbocycles. The lowest BCUT2D eigenvalue weighted by atomic mass is 10.4. The number of carbonyl (C=O) groups excluding carboxylic acids is 1. The molecule has 0 radical (unpaired) electrons. The van der Waals surface area contributed by atoms with Gasteiger partial charge >= 0.3 is 0 Å². The van der Waals surface area contributed by atoms with E-state index in [4.69, 9.17) is 4.42 Å². The van der Waals surface area contributed by atoms with Crippen LogP contribution in [0.1, 0.15) is 23.4 Å². The van der Waals surface area contributed by atoms with Crippen LogP contribution in [-0.4, -0.2) is 38.0 Å². The molecule has 1 aliphatic heterocycles. The van der Waals surface area contributed by atoms with Gasteiger partial charge in [0.1, 0.15) is 0 Å². The Kier molecular flexibility index (Phi) is 2.66. The van der Waals surface area contributed by atoms with Gasteiger partial charge in [-0.1, -0.05) is 0 Å². The average Bonchev–Trinajstić information content (AvgIpc) is 2.86. The molecule has 1 aromatic heterocycles. The van der Waals surface area contributed by atoms with Crippen molar-refractivity contribution in [2.75, 3.05) is 32.1 Å². The Morgan fingerprint density at radius 3 is 2.60 bits per heavy atom. The zero-order valence-corrected chi connectivity index (χ0v) is 9.19. The molecule has 0 atom stereocenters. The van der Waals surface area contributed by atoms with Crippen molar-refractivity contribution in [1.29, 1.82) is 0 Å². The molecule has 1 fully saturated rings. The molecule has 2 heterocycles. The van der Waals surface area contributed by atoms with E-state index in [0.29, 0.717) is 5.76 Å². The van der Waals surface area contributed by atoms with Crippen molar-refractivity contribution in [3.05, 3.63) is 17.9 Å². The van der Waals surface area contributed by atoms with Crippen LogP contribution < -0.4 is 4.90 Å². The molecular formula is C11H16N2O2. The first-order chi connectivity index (χ1) is 7.18. The fourth-order valence-electron chi connectivity index (χ4n) is 1.77. The summed E-state index contributed by atoms with van der Waals surface area (Å²) >= 11 is 0. The third-order valence-electron chi connectivity index (χ3n) is 2.63. The number of hydrogen-bond acceptors (Lipinski definition) is 3. The minimum atomic E-state index is -0.0829. The van der Waals surface area contributed by atoms with E-state index in [1.807, 2.05) is 6.07 Å². The molecule has 1 aromatic rings. The van der Waals surface area contributed by atoms with Gasteiger partial charge in [0, 0.05) is 33.3 Å². The Labute approximate surface area is 89.5 Å². The molecule has 0 spiro atoms. The molecule has 1 aliphatic rings. The lowest BCUT2D eigenvalue weighted by Crippen LogP contribution is -2.21. The minimum Gasteiger partial charge on any atom is -0.435 e. The Bertz CT molecular complexity index is 351. The smallest absolute Gasteiger partial charge is 0.289 e. The van der Waals surface area contributed by atoms with Crippen LogP contribution in [-0.2, 0) is 0 Å². The largest absolute Gasteiger partial charge is 0.435 e. The van der Waals surface area contributed by atoms with Crippen molar-refractivity contribution in [3.63, 3.8) is 0 Å². The number of furan rings is 1. The van der Waals surface area contributed by atoms with Gasteiger partial charge in [0.2, 0.25) is 0 Å². The number of carbonyl (C=O) groups is 1. The molecule has 0 aliphatic carbocycles. The molecular weight excluding hydrogens is 192 g/mol. The summed E-state index contributed by atoms with van der Waals surface area (Å²) < 4.78 is 5.53. The van der Waals surface area contributed by atoms with Gasteiger partial charge in [-0.15, -0.1) is 0 Å². The number of anilines is 1. The summed E-state index contributed by atoms with van der Waals surface area (Å²) in [7, 11) is 3.45. The highest BCUT2D eigenvalue weighted by atomic mass is 16.4. The zero-order chi connectivity index (χ0) is 10.8. The summed E-state index contributed by atoms with van der Waals surface area (Å²) in [5.74, 6) is 1.15. The predicted octanol–water partition coefficient (Wildman–Crippen LogP) is 1.58. The van der Waals surface area contributed by atoms with E-state index in [1.54, 1.807) is 20.2 Å². The van der Waals surface area contributed by atoms with Crippen LogP contribution in [0.5, 0.6) is 0 Å². The molecule has 82 valence electrons. The van der Waals surface area contributed by atoms with Crippen LogP contribution in [0, 0.1) is 0 Å². The normalized spacial score (nSPS) is 15.7. The number of amides is 1. The first-order valence-electron chi connectivity index (χ1n) is 5.25. The quantitative estimate of drug-likeness (QED) is 0.740. The molecule has 15 heavy (non-hydrogen) atoms. The summed E-state index contributed by atoms with van der Waals surface area (Å²) in [5, 5.41) is 0. The summed E-state index contributed by atoms with van der Waals surface area (Å²) in [4.78, 5) is 15.3. The Morgan fingerprint density at radius 2 is 2.00 bits per heavy atom. The van der Waals surface area contributed by atoms with Crippen LogP contribution in [0.3, 0.4) is 0 Å². The minimum absolute atomic E-state index is 0.0829. The fourth-order valence-corrected chi connectivity index (χ4v) is 1.77. The van der Waals surface area contributed by atoms with Gasteiger partial charge in [-0.2, -0.15) is 0 Å². The van der Waals surface area contributed by atoms with Gasteiger partial charge in [0.15, 0.2) is 11.6 Å². The van der Waals surface area contributed by atoms with E-state index in [9.17, 15) is 4.79 Å². The van der Waals surface area contributed by atoms with E-state index in [-0.39, 0.29) is 5.91 Å². The second-order valence-electron chi connectivity index (χ2n) is 4.03. The van der Waals surface area contributed by atoms with Crippen LogP contribution in [0.15, 0.2) is 16.5 Å². The highest BCUT2D eigenvalue weighted by Gasteiger charge is 2.18. The average molecular weight is 208 g/mol. The third kappa shape index (κ3) is 1.98. The van der Waals surface area contributed by atoms with Gasteiger partial charge in [-0.05, 0) is 18.9 Å². The molecule has 0 bridgehead atoms. The maximum atomic E-state index is 11.6. The molecule has 0 aromatic carbocycles. The second-order valence-corrected chi connectivity index (χ2v) is 4.03. The summed E-state index contributed by atoms with van der Waals surface area (Å²) in [6.07, 6.45) is 2.41. The van der Waals surface area contributed by atoms with E-state index in [0.717, 1.165) is 19.0 Å². The topological polar surface area (TPSA) is 36.7 Å². The standard InChI is InChI=1S/C11H16N2O2/c1-12(2)11(14)9-5-6-10(15-9)13-7-3-4-8-13/h5-6H,3-4,7-8H2,1-2H3. The van der Waals surface area contributed by atoms with Gasteiger partial charge in [-0.25, -0.2) is 0 Å². The molecule has 0 N–H and O–H groups in total. The highest BCUT2D eigenvalue weighted by molar-refractivity contribution is 5.91. The lowest BCUT2D eigenvalue weighted by molar-refractivity contribution is 0.0797. The summed E-state index contributed by atoms with van der Waals surface area (Å²) in [6.45, 7) is 2.06. The van der Waals surface area contributed by atoms with Crippen LogP contribution >= 0.6 is 0 Å². The van der Waals surface area contributed by atoms with Gasteiger partial charge in [0.05, 0.1) is 0 Å². The lowest BCUT2D eigenvalue weighted by Gasteiger charge is -2.13. The Balaban J connectivity index is 2.12. The second kappa shape index (κ2) is 3.96. The number of hydrogen-bond donors (Lipinski definition) is 0. The molecule has 4 nitrogen and oxygen atoms in total. The van der Waals surface area contributed by atoms with Gasteiger partial charge in [0.25, 0.3) is 5.91 Å². The zero-order valence-electron chi connectivity index (χ0n) is 9.19. The van der Waals surface area contributed by atoms with E-state index < -0.39 is 0 Å². The van der Waals surface area contributed by atoms with Crippen molar-refractivity contribution in [3.8, 4) is 0 Å². The number of rotatable bonds is 2. The van der Waals surface area contributed by atoms with Crippen LogP contribution in [0.25, 0.3) is 0 Å². The van der Waals surface area contributed by atoms with E-state index >= 15 is 0 Å². The first-order valence-corrected chi connectivity index (χ1v) is 5.25. The summed E-state index contributed by atoms with van der Waals surface area (Å²) in [6, 6.07) is 3.62. The monoisotopic (exact) mass is 208 g/mol. The van der Waals surface area contributed by atoms with Crippen LogP contribution in [0.4, 0.5) is 5.88 Å². The predicted molar refractivity (Wildman–Crippen MR) is 58.2 cm³/mol. The molecule has 2 rings (SSSR count). The summed E-state index contributed by atoms with van der Waals surface area (Å²) in [5.41, 5.74) is 0. The van der Waals surface area contributed by atoms with E-state index in [1.165, 1.54) is 17.7 Å². The first kappa shape index (κ1) is 10.1. The molecule has 1 amide bonds. The van der Waals surface area contributed by atoms with Crippen LogP contribution in [0.2, 0.25) is 0 Å². The third-order valence-corrected chi connectivity index (χ3v) is 2.63. The SMILES string of the molecule is CN(C)C(=O)c1ccc(N2CCCC2)o1. The Hall–Kier alpha value is -1.45. The maximum absolute atomic E-state index is 11.6. The van der Waals surface area contributed by atoms with Crippen molar-refractivity contribution >= 4 is 11.8 Å². The van der Waals surface area contributed by atoms with E-state index in [2.05, 4.69) is 4.90 Å².